The average Bonchev–Trinajstić information content (AvgIpc) is 3.04. The molecule has 0 radical (unpaired) electrons. The number of anilines is 5. The van der Waals surface area contributed by atoms with Gasteiger partial charge in [-0.2, -0.15) is 11.4 Å². The Labute approximate surface area is 269 Å². The molecular weight excluding hydrogens is 913 g/mol. The summed E-state index contributed by atoms with van der Waals surface area (Å²) in [5.41, 5.74) is 0.981. The van der Waals surface area contributed by atoms with Crippen molar-refractivity contribution in [2.75, 3.05) is 29.1 Å². The van der Waals surface area contributed by atoms with Crippen LogP contribution in [0.25, 0.3) is 0 Å². The van der Waals surface area contributed by atoms with Gasteiger partial charge < -0.3 is 44.9 Å². The number of carbonyl (C=O) groups excluding carboxylic acids is 3. The standard InChI is InChI=1S/C28H26N7O10P2.Fm/c1-18(37)31-20-7-9-21(10-8-20)32-28-30-16-25(35(39)40)27(34-28)33-24-12-11-22(15-23(24)26(38)19-5-3-2-4-6-19)44-47(42)45-46(41)43-14-13-29-17-36;/h2-12,15-16,41-42H,13-14H2,1H3,(H,29,36)(H,31,37)(H2,30,32,33,34);/q-1;. The van der Waals surface area contributed by atoms with Crippen molar-refractivity contribution in [2.24, 2.45) is 0 Å². The maximum absolute atomic E-state index is 13.6. The quantitative estimate of drug-likeness (QED) is 0.0162. The average molecular weight is 940 g/mol. The molecule has 1 heterocycles. The number of nitrogens with one attached hydrogen (secondary N) is 4. The van der Waals surface area contributed by atoms with Crippen molar-refractivity contribution in [2.45, 2.75) is 6.92 Å². The van der Waals surface area contributed by atoms with E-state index in [4.69, 9.17) is 13.4 Å². The molecule has 0 saturated heterocycles. The zero-order valence-electron chi connectivity index (χ0n) is 24.6. The topological polar surface area (TPSA) is 236 Å². The summed E-state index contributed by atoms with van der Waals surface area (Å²) < 4.78 is 15.2. The Hall–Kier alpha value is -6.15. The van der Waals surface area contributed by atoms with Gasteiger partial charge in [0.25, 0.3) is 0 Å². The molecule has 0 aliphatic carbocycles. The number of amides is 2. The first kappa shape index (κ1) is 36.3. The zero-order valence-corrected chi connectivity index (χ0v) is 28.8. The summed E-state index contributed by atoms with van der Waals surface area (Å²) in [7, 11) is -5.29. The van der Waals surface area contributed by atoms with Crippen molar-refractivity contribution in [1.82, 2.24) is 15.3 Å². The molecule has 0 fully saturated rings. The minimum absolute atomic E-state index is 0. The van der Waals surface area contributed by atoms with Crippen molar-refractivity contribution >= 4 is 69.8 Å². The summed E-state index contributed by atoms with van der Waals surface area (Å²) in [4.78, 5) is 74.6. The van der Waals surface area contributed by atoms with Crippen LogP contribution in [0, 0.1) is 10.1 Å². The molecule has 0 spiro atoms. The number of benzene rings is 3. The third kappa shape index (κ3) is 10.5. The smallest absolute Gasteiger partial charge is 0.401 e. The summed E-state index contributed by atoms with van der Waals surface area (Å²) in [5, 5.41) is 22.5. The van der Waals surface area contributed by atoms with Crippen LogP contribution in [0.2, 0.25) is 0 Å². The summed E-state index contributed by atoms with van der Waals surface area (Å²) >= 11 is 0. The van der Waals surface area contributed by atoms with Gasteiger partial charge in [0.1, 0.15) is 11.9 Å². The Morgan fingerprint density at radius 2 is 1.71 bits per heavy atom. The Morgan fingerprint density at radius 1 is 1.00 bits per heavy atom. The van der Waals surface area contributed by atoms with Gasteiger partial charge in [-0.1, -0.05) is 30.3 Å². The molecule has 0 aliphatic heterocycles. The van der Waals surface area contributed by atoms with E-state index in [2.05, 4.69) is 31.2 Å². The fourth-order valence-corrected chi connectivity index (χ4v) is 5.14. The Balaban J connectivity index is 0.00000625. The first-order valence-electron chi connectivity index (χ1n) is 13.4. The normalized spacial score (nSPS) is 11.6. The van der Waals surface area contributed by atoms with E-state index in [0.29, 0.717) is 11.4 Å². The van der Waals surface area contributed by atoms with Crippen LogP contribution in [0.5, 0.6) is 5.75 Å². The molecule has 4 rings (SSSR count). The minimum Gasteiger partial charge on any atom is -0.528 e. The van der Waals surface area contributed by atoms with Gasteiger partial charge >= 0.3 is 22.9 Å². The van der Waals surface area contributed by atoms with E-state index in [0.717, 1.165) is 6.20 Å². The molecule has 48 heavy (non-hydrogen) atoms. The molecule has 2 amide bonds. The Morgan fingerprint density at radius 3 is 2.38 bits per heavy atom. The number of hydrogen-bond acceptors (Lipinski definition) is 14. The SMILES string of the molecule is CC(=O)Nc1ccc(Nc2ncc([N+](=O)[O-])c(Nc3ccc(OP(O)OP(O)OCCN[C-]=O)cc3C(=O)c3ccccc3)n2)cc1.[Fm]. The van der Waals surface area contributed by atoms with Gasteiger partial charge in [0, 0.05) is 36.0 Å². The molecule has 256 valence electrons. The fourth-order valence-electron chi connectivity index (χ4n) is 3.80. The molecule has 0 bridgehead atoms. The van der Waals surface area contributed by atoms with Crippen LogP contribution in [0.15, 0.2) is 79.0 Å². The maximum atomic E-state index is 13.6. The fraction of sp³-hybridized carbons (Fsp3) is 0.107. The Bertz CT molecular complexity index is 1730. The van der Waals surface area contributed by atoms with E-state index in [9.17, 15) is 34.3 Å². The van der Waals surface area contributed by atoms with Crippen LogP contribution in [0.1, 0.15) is 22.8 Å². The number of ketones is 1. The molecular formula is C28H26FmN7O10P2-. The predicted molar refractivity (Wildman–Crippen MR) is 172 cm³/mol. The number of nitro groups is 1. The van der Waals surface area contributed by atoms with Crippen molar-refractivity contribution in [3.8, 4) is 5.75 Å². The van der Waals surface area contributed by atoms with Crippen LogP contribution >= 0.6 is 17.2 Å². The van der Waals surface area contributed by atoms with E-state index in [1.54, 1.807) is 54.6 Å². The van der Waals surface area contributed by atoms with Gasteiger partial charge in [0.15, 0.2) is 5.78 Å². The van der Waals surface area contributed by atoms with Gasteiger partial charge in [-0.25, -0.2) is 9.29 Å². The number of aromatic nitrogens is 2. The van der Waals surface area contributed by atoms with Gasteiger partial charge in [-0.3, -0.25) is 19.7 Å². The predicted octanol–water partition coefficient (Wildman–Crippen LogP) is 4.57. The summed E-state index contributed by atoms with van der Waals surface area (Å²) in [6, 6.07) is 18.8. The van der Waals surface area contributed by atoms with E-state index in [1.165, 1.54) is 31.5 Å². The molecule has 1 aromatic heterocycles. The van der Waals surface area contributed by atoms with Gasteiger partial charge in [-0.15, -0.1) is 0 Å². The number of rotatable bonds is 17. The second kappa shape index (κ2) is 17.5. The monoisotopic (exact) mass is 939 g/mol. The summed E-state index contributed by atoms with van der Waals surface area (Å²) in [6.07, 6.45) is 2.43. The van der Waals surface area contributed by atoms with Crippen molar-refractivity contribution < 1.29 is 42.5 Å². The van der Waals surface area contributed by atoms with Crippen molar-refractivity contribution in [3.05, 3.63) is 100 Å². The van der Waals surface area contributed by atoms with Crippen LogP contribution in [0.3, 0.4) is 0 Å². The molecule has 17 nitrogen and oxygen atoms in total. The van der Waals surface area contributed by atoms with Gasteiger partial charge in [-0.05, 0) is 42.5 Å². The first-order valence-corrected chi connectivity index (χ1v) is 15.6. The molecule has 2 atom stereocenters. The van der Waals surface area contributed by atoms with E-state index >= 15 is 0 Å². The molecule has 2 unspecified atom stereocenters. The van der Waals surface area contributed by atoms with Crippen LogP contribution in [-0.2, 0) is 18.4 Å². The number of nitrogens with zero attached hydrogens (tertiary/aromatic N) is 3. The van der Waals surface area contributed by atoms with Crippen LogP contribution in [0.4, 0.5) is 34.5 Å². The van der Waals surface area contributed by atoms with E-state index in [-0.39, 0.29) is 53.4 Å². The molecule has 6 N–H and O–H groups in total. The third-order valence-electron chi connectivity index (χ3n) is 5.78. The van der Waals surface area contributed by atoms with Crippen LogP contribution in [-0.4, -0.2) is 55.9 Å². The summed E-state index contributed by atoms with van der Waals surface area (Å²) in [6.45, 7) is 1.31. The second-order valence-corrected chi connectivity index (χ2v) is 11.2. The van der Waals surface area contributed by atoms with Gasteiger partial charge in [0.2, 0.25) is 17.7 Å². The molecule has 3 aromatic carbocycles. The third-order valence-corrected chi connectivity index (χ3v) is 7.66. The Kier molecular flexibility index (Phi) is 13.3. The summed E-state index contributed by atoms with van der Waals surface area (Å²) in [5.74, 6) is -1.02. The van der Waals surface area contributed by atoms with Crippen molar-refractivity contribution in [1.29, 1.82) is 0 Å². The van der Waals surface area contributed by atoms with Crippen LogP contribution < -0.4 is 25.8 Å². The first-order chi connectivity index (χ1) is 22.6. The second-order valence-electron chi connectivity index (χ2n) is 9.11. The zero-order chi connectivity index (χ0) is 33.8. The van der Waals surface area contributed by atoms with Crippen molar-refractivity contribution in [3.63, 3.8) is 0 Å². The van der Waals surface area contributed by atoms with Gasteiger partial charge in [0.05, 0.1) is 17.2 Å². The molecule has 0 saturated carbocycles. The minimum atomic E-state index is -2.73. The molecule has 0 aliphatic rings. The largest absolute Gasteiger partial charge is 0.528 e. The maximum Gasteiger partial charge on any atom is 0.401 e. The molecule has 20 heteroatoms. The van der Waals surface area contributed by atoms with E-state index in [1.807, 2.05) is 0 Å². The molecule has 4 aromatic rings. The van der Waals surface area contributed by atoms with E-state index < -0.39 is 33.6 Å². The number of carbonyl (C=O) groups is 2. The number of hydrogen-bond donors (Lipinski definition) is 6.